The molecule has 0 N–H and O–H groups in total. The van der Waals surface area contributed by atoms with Crippen molar-refractivity contribution in [2.75, 3.05) is 6.61 Å². The number of Topliss-reactive ketones (excluding diaryl/α,β-unsaturated/α-hetero) is 1. The Morgan fingerprint density at radius 3 is 2.96 bits per heavy atom. The highest BCUT2D eigenvalue weighted by Crippen LogP contribution is 2.34. The molecule has 1 unspecified atom stereocenters. The average molecular weight is 360 g/mol. The van der Waals surface area contributed by atoms with Crippen molar-refractivity contribution < 1.29 is 13.9 Å². The summed E-state index contributed by atoms with van der Waals surface area (Å²) in [6, 6.07) is 6.65. The van der Waals surface area contributed by atoms with Crippen molar-refractivity contribution >= 4 is 17.5 Å². The molecule has 27 heavy (non-hydrogen) atoms. The highest BCUT2D eigenvalue weighted by Gasteiger charge is 2.28. The predicted octanol–water partition coefficient (Wildman–Crippen LogP) is 3.85. The van der Waals surface area contributed by atoms with Crippen LogP contribution in [0.3, 0.4) is 0 Å². The Kier molecular flexibility index (Phi) is 4.14. The van der Waals surface area contributed by atoms with Crippen LogP contribution < -0.4 is 0 Å². The Morgan fingerprint density at radius 1 is 1.52 bits per heavy atom. The molecule has 1 aromatic carbocycles. The van der Waals surface area contributed by atoms with Crippen LogP contribution in [0.25, 0.3) is 23.0 Å². The summed E-state index contributed by atoms with van der Waals surface area (Å²) in [6.45, 7) is 6.43. The van der Waals surface area contributed by atoms with Gasteiger partial charge >= 0.3 is 0 Å². The zero-order valence-corrected chi connectivity index (χ0v) is 14.8. The Bertz CT molecular complexity index is 1130. The number of epoxide rings is 1. The van der Waals surface area contributed by atoms with E-state index in [0.29, 0.717) is 29.8 Å². The summed E-state index contributed by atoms with van der Waals surface area (Å²) < 4.78 is 22.4. The number of halogens is 1. The van der Waals surface area contributed by atoms with Gasteiger partial charge in [0.15, 0.2) is 0 Å². The van der Waals surface area contributed by atoms with Gasteiger partial charge in [-0.25, -0.2) is 9.37 Å². The summed E-state index contributed by atoms with van der Waals surface area (Å²) >= 11 is 0. The van der Waals surface area contributed by atoms with Crippen LogP contribution in [-0.2, 0) is 11.2 Å². The number of pyridine rings is 1. The van der Waals surface area contributed by atoms with Crippen LogP contribution in [0, 0.1) is 25.1 Å². The Balaban J connectivity index is 1.97. The summed E-state index contributed by atoms with van der Waals surface area (Å²) in [6.07, 6.45) is 9.35. The van der Waals surface area contributed by atoms with E-state index in [-0.39, 0.29) is 11.7 Å². The van der Waals surface area contributed by atoms with Crippen molar-refractivity contribution in [1.82, 2.24) is 9.38 Å². The number of hydrogen-bond acceptors (Lipinski definition) is 3. The predicted molar refractivity (Wildman–Crippen MR) is 102 cm³/mol. The highest BCUT2D eigenvalue weighted by atomic mass is 19.1. The normalized spacial score (nSPS) is 15.5. The van der Waals surface area contributed by atoms with E-state index in [1.807, 2.05) is 35.6 Å². The molecule has 0 saturated carbocycles. The standard InChI is InChI=1S/C22H17FN2O2/c1-4-14-9-15(19(26)5-2)10-17(23)21(14)22-18(11-16-12-27-16)25-7-6-13(3)8-20(25)24-22/h2,4,6-10,16H,1,11-12H2,3H3. The number of carbonyl (C=O) groups is 1. The minimum Gasteiger partial charge on any atom is -0.373 e. The molecule has 1 aliphatic heterocycles. The first-order chi connectivity index (χ1) is 13.0. The van der Waals surface area contributed by atoms with Crippen molar-refractivity contribution in [3.05, 3.63) is 65.2 Å². The highest BCUT2D eigenvalue weighted by molar-refractivity contribution is 6.09. The van der Waals surface area contributed by atoms with E-state index in [9.17, 15) is 4.79 Å². The molecule has 3 aromatic rings. The van der Waals surface area contributed by atoms with Crippen LogP contribution in [0.4, 0.5) is 4.39 Å². The van der Waals surface area contributed by atoms with Crippen LogP contribution >= 0.6 is 0 Å². The number of carbonyl (C=O) groups excluding carboxylic acids is 1. The number of terminal acetylenes is 1. The second-order valence-corrected chi connectivity index (χ2v) is 6.60. The second kappa shape index (κ2) is 6.49. The fraction of sp³-hybridized carbons (Fsp3) is 0.182. The molecule has 5 heteroatoms. The first-order valence-corrected chi connectivity index (χ1v) is 8.58. The summed E-state index contributed by atoms with van der Waals surface area (Å²) in [5, 5.41) is 0. The lowest BCUT2D eigenvalue weighted by molar-refractivity contribution is 0.105. The van der Waals surface area contributed by atoms with Crippen LogP contribution in [-0.4, -0.2) is 27.9 Å². The van der Waals surface area contributed by atoms with E-state index in [4.69, 9.17) is 11.2 Å². The fourth-order valence-electron chi connectivity index (χ4n) is 3.25. The van der Waals surface area contributed by atoms with Crippen molar-refractivity contribution in [2.24, 2.45) is 0 Å². The SMILES string of the molecule is C#CC(=O)c1cc(F)c(-c2nc3cc(C)ccn3c2CC2CO2)c(C=C)c1. The van der Waals surface area contributed by atoms with Crippen LogP contribution in [0.5, 0.6) is 0 Å². The van der Waals surface area contributed by atoms with Gasteiger partial charge in [0.25, 0.3) is 0 Å². The number of benzene rings is 1. The third kappa shape index (κ3) is 3.05. The van der Waals surface area contributed by atoms with E-state index in [2.05, 4.69) is 11.6 Å². The molecule has 3 heterocycles. The lowest BCUT2D eigenvalue weighted by Gasteiger charge is -2.10. The average Bonchev–Trinajstić information content (AvgIpc) is 3.41. The van der Waals surface area contributed by atoms with Crippen molar-refractivity contribution in [3.8, 4) is 23.6 Å². The minimum absolute atomic E-state index is 0.113. The molecule has 134 valence electrons. The van der Waals surface area contributed by atoms with E-state index in [1.165, 1.54) is 6.08 Å². The monoisotopic (exact) mass is 360 g/mol. The van der Waals surface area contributed by atoms with Gasteiger partial charge in [-0.05, 0) is 48.2 Å². The Morgan fingerprint density at radius 2 is 2.30 bits per heavy atom. The number of rotatable bonds is 5. The van der Waals surface area contributed by atoms with Gasteiger partial charge in [0.1, 0.15) is 11.5 Å². The molecule has 0 radical (unpaired) electrons. The smallest absolute Gasteiger partial charge is 0.235 e. The van der Waals surface area contributed by atoms with Crippen molar-refractivity contribution in [2.45, 2.75) is 19.4 Å². The molecule has 1 atom stereocenters. The zero-order valence-electron chi connectivity index (χ0n) is 14.8. The molecule has 0 bridgehead atoms. The van der Waals surface area contributed by atoms with Gasteiger partial charge in [-0.3, -0.25) is 4.79 Å². The molecule has 4 nitrogen and oxygen atoms in total. The maximum atomic E-state index is 15.1. The molecular weight excluding hydrogens is 343 g/mol. The van der Waals surface area contributed by atoms with Gasteiger partial charge in [0, 0.05) is 23.7 Å². The fourth-order valence-corrected chi connectivity index (χ4v) is 3.25. The first-order valence-electron chi connectivity index (χ1n) is 8.58. The molecular formula is C22H17FN2O2. The van der Waals surface area contributed by atoms with Gasteiger partial charge < -0.3 is 9.14 Å². The number of nitrogens with zero attached hydrogens (tertiary/aromatic N) is 2. The third-order valence-electron chi connectivity index (χ3n) is 4.67. The maximum Gasteiger partial charge on any atom is 0.235 e. The number of fused-ring (bicyclic) bond motifs is 1. The molecule has 4 rings (SSSR count). The van der Waals surface area contributed by atoms with Gasteiger partial charge in [-0.15, -0.1) is 6.42 Å². The topological polar surface area (TPSA) is 46.9 Å². The van der Waals surface area contributed by atoms with Crippen molar-refractivity contribution in [1.29, 1.82) is 0 Å². The molecule has 0 spiro atoms. The molecule has 0 amide bonds. The lowest BCUT2D eigenvalue weighted by atomic mass is 9.97. The van der Waals surface area contributed by atoms with Crippen molar-refractivity contribution in [3.63, 3.8) is 0 Å². The Labute approximate surface area is 156 Å². The summed E-state index contributed by atoms with van der Waals surface area (Å²) in [4.78, 5) is 16.5. The maximum absolute atomic E-state index is 15.1. The Hall–Kier alpha value is -3.23. The second-order valence-electron chi connectivity index (χ2n) is 6.60. The summed E-state index contributed by atoms with van der Waals surface area (Å²) in [5.41, 5.74) is 4.11. The number of ketones is 1. The van der Waals surface area contributed by atoms with E-state index in [1.54, 1.807) is 6.07 Å². The van der Waals surface area contributed by atoms with Gasteiger partial charge in [-0.2, -0.15) is 0 Å². The molecule has 2 aromatic heterocycles. The molecule has 1 saturated heterocycles. The number of hydrogen-bond donors (Lipinski definition) is 0. The number of aromatic nitrogens is 2. The zero-order chi connectivity index (χ0) is 19.1. The summed E-state index contributed by atoms with van der Waals surface area (Å²) in [5.74, 6) is 0.896. The van der Waals surface area contributed by atoms with E-state index >= 15 is 4.39 Å². The van der Waals surface area contributed by atoms with Gasteiger partial charge in [0.2, 0.25) is 5.78 Å². The molecule has 1 aliphatic rings. The number of imidazole rings is 1. The largest absolute Gasteiger partial charge is 0.373 e. The van der Waals surface area contributed by atoms with Crippen LogP contribution in [0.1, 0.15) is 27.2 Å². The van der Waals surface area contributed by atoms with E-state index in [0.717, 1.165) is 23.0 Å². The number of ether oxygens (including phenoxy) is 1. The van der Waals surface area contributed by atoms with Crippen LogP contribution in [0.15, 0.2) is 37.0 Å². The molecule has 1 fully saturated rings. The minimum atomic E-state index is -0.569. The van der Waals surface area contributed by atoms with Gasteiger partial charge in [0.05, 0.1) is 24.1 Å². The van der Waals surface area contributed by atoms with Crippen LogP contribution in [0.2, 0.25) is 0 Å². The third-order valence-corrected chi connectivity index (χ3v) is 4.67. The molecule has 0 aliphatic carbocycles. The van der Waals surface area contributed by atoms with Gasteiger partial charge in [-0.1, -0.05) is 12.7 Å². The number of aryl methyl sites for hydroxylation is 1. The van der Waals surface area contributed by atoms with E-state index < -0.39 is 11.6 Å². The lowest BCUT2D eigenvalue weighted by Crippen LogP contribution is -2.03. The first kappa shape index (κ1) is 17.2. The quantitative estimate of drug-likeness (QED) is 0.301. The summed E-state index contributed by atoms with van der Waals surface area (Å²) in [7, 11) is 0.